The predicted octanol–water partition coefficient (Wildman–Crippen LogP) is 2.03. The standard InChI is InChI=1S/C16H25N3O2.C2HF3O2/c1-18-10-8-16(12-18)7-3-5-13(21-16)11-17-15(20)14-6-4-9-19(14)2;3-2(4,5)1(6)7/h4,6,9,13H,3,5,7-8,10-12H2,1-2H3,(H,17,20);(H,6,7)/t13-,16-;/m1./s1. The minimum absolute atomic E-state index is 0.0192. The van der Waals surface area contributed by atoms with Crippen molar-refractivity contribution in [2.45, 2.75) is 43.6 Å². The number of likely N-dealkylation sites (tertiary alicyclic amines) is 1. The Hall–Kier alpha value is -2.07. The van der Waals surface area contributed by atoms with Crippen molar-refractivity contribution in [1.82, 2.24) is 14.8 Å². The van der Waals surface area contributed by atoms with Crippen LogP contribution in [0.2, 0.25) is 0 Å². The van der Waals surface area contributed by atoms with Crippen molar-refractivity contribution in [1.29, 1.82) is 0 Å². The zero-order chi connectivity index (χ0) is 20.9. The molecule has 3 heterocycles. The Morgan fingerprint density at radius 2 is 2.04 bits per heavy atom. The van der Waals surface area contributed by atoms with Crippen molar-refractivity contribution in [2.24, 2.45) is 7.05 Å². The van der Waals surface area contributed by atoms with E-state index in [9.17, 15) is 18.0 Å². The molecule has 2 aliphatic heterocycles. The third kappa shape index (κ3) is 5.96. The van der Waals surface area contributed by atoms with Crippen LogP contribution in [0.25, 0.3) is 0 Å². The molecular weight excluding hydrogens is 379 g/mol. The van der Waals surface area contributed by atoms with E-state index in [0.29, 0.717) is 12.2 Å². The third-order valence-electron chi connectivity index (χ3n) is 4.99. The molecule has 0 radical (unpaired) electrons. The Labute approximate surface area is 161 Å². The molecule has 0 unspecified atom stereocenters. The number of nitrogens with zero attached hydrogens (tertiary/aromatic N) is 2. The molecule has 7 nitrogen and oxygen atoms in total. The number of aryl methyl sites for hydroxylation is 1. The highest BCUT2D eigenvalue weighted by Gasteiger charge is 2.41. The molecular formula is C18H26F3N3O4. The van der Waals surface area contributed by atoms with Crippen LogP contribution >= 0.6 is 0 Å². The molecule has 1 aromatic heterocycles. The smallest absolute Gasteiger partial charge is 0.475 e. The number of likely N-dealkylation sites (N-methyl/N-ethyl adjacent to an activating group) is 1. The molecule has 1 aromatic rings. The average molecular weight is 405 g/mol. The first-order chi connectivity index (χ1) is 13.0. The number of carboxylic acid groups (broad SMARTS) is 1. The maximum Gasteiger partial charge on any atom is 0.490 e. The number of carboxylic acids is 1. The van der Waals surface area contributed by atoms with Gasteiger partial charge in [-0.1, -0.05) is 0 Å². The monoisotopic (exact) mass is 405 g/mol. The van der Waals surface area contributed by atoms with Crippen molar-refractivity contribution < 1.29 is 32.6 Å². The van der Waals surface area contributed by atoms with Crippen LogP contribution in [0.1, 0.15) is 36.2 Å². The lowest BCUT2D eigenvalue weighted by molar-refractivity contribution is -0.192. The van der Waals surface area contributed by atoms with E-state index in [1.54, 1.807) is 0 Å². The van der Waals surface area contributed by atoms with Gasteiger partial charge in [0.15, 0.2) is 0 Å². The highest BCUT2D eigenvalue weighted by atomic mass is 19.4. The Balaban J connectivity index is 0.000000345. The number of aliphatic carboxylic acids is 1. The van der Waals surface area contributed by atoms with Gasteiger partial charge in [-0.3, -0.25) is 4.79 Å². The summed E-state index contributed by atoms with van der Waals surface area (Å²) in [5, 5.41) is 10.1. The lowest BCUT2D eigenvalue weighted by atomic mass is 9.90. The van der Waals surface area contributed by atoms with Crippen LogP contribution in [0, 0.1) is 0 Å². The van der Waals surface area contributed by atoms with E-state index >= 15 is 0 Å². The molecule has 0 bridgehead atoms. The van der Waals surface area contributed by atoms with Gasteiger partial charge in [-0.25, -0.2) is 4.79 Å². The first-order valence-electron chi connectivity index (χ1n) is 9.08. The minimum atomic E-state index is -5.08. The molecule has 1 amide bonds. The normalized spacial score (nSPS) is 25.2. The van der Waals surface area contributed by atoms with E-state index in [2.05, 4.69) is 17.3 Å². The van der Waals surface area contributed by atoms with E-state index in [0.717, 1.165) is 32.4 Å². The fraction of sp³-hybridized carbons (Fsp3) is 0.667. The van der Waals surface area contributed by atoms with Crippen molar-refractivity contribution in [3.63, 3.8) is 0 Å². The van der Waals surface area contributed by atoms with Gasteiger partial charge in [-0.2, -0.15) is 13.2 Å². The summed E-state index contributed by atoms with van der Waals surface area (Å²) in [4.78, 5) is 23.4. The summed E-state index contributed by atoms with van der Waals surface area (Å²) in [6.07, 6.45) is 1.45. The van der Waals surface area contributed by atoms with Crippen molar-refractivity contribution >= 4 is 11.9 Å². The van der Waals surface area contributed by atoms with Crippen LogP contribution < -0.4 is 5.32 Å². The number of alkyl halides is 3. The quantitative estimate of drug-likeness (QED) is 0.804. The molecule has 10 heteroatoms. The molecule has 1 spiro atoms. The second-order valence-electron chi connectivity index (χ2n) is 7.32. The molecule has 0 aromatic carbocycles. The first-order valence-corrected chi connectivity index (χ1v) is 9.08. The van der Waals surface area contributed by atoms with Crippen molar-refractivity contribution in [2.75, 3.05) is 26.7 Å². The topological polar surface area (TPSA) is 83.8 Å². The molecule has 2 fully saturated rings. The second kappa shape index (κ2) is 8.95. The van der Waals surface area contributed by atoms with Gasteiger partial charge in [0, 0.05) is 32.9 Å². The summed E-state index contributed by atoms with van der Waals surface area (Å²) in [6.45, 7) is 2.74. The molecule has 28 heavy (non-hydrogen) atoms. The maximum atomic E-state index is 12.1. The van der Waals surface area contributed by atoms with E-state index in [1.807, 2.05) is 29.9 Å². The summed E-state index contributed by atoms with van der Waals surface area (Å²) < 4.78 is 39.9. The van der Waals surface area contributed by atoms with Crippen molar-refractivity contribution in [3.8, 4) is 0 Å². The molecule has 0 saturated carbocycles. The fourth-order valence-electron chi connectivity index (χ4n) is 3.61. The van der Waals surface area contributed by atoms with Crippen LogP contribution in [-0.2, 0) is 16.6 Å². The minimum Gasteiger partial charge on any atom is -0.475 e. The van der Waals surface area contributed by atoms with E-state index in [-0.39, 0.29) is 17.6 Å². The third-order valence-corrected chi connectivity index (χ3v) is 4.99. The van der Waals surface area contributed by atoms with Crippen LogP contribution in [0.3, 0.4) is 0 Å². The highest BCUT2D eigenvalue weighted by Crippen LogP contribution is 2.35. The Morgan fingerprint density at radius 1 is 1.36 bits per heavy atom. The van der Waals surface area contributed by atoms with E-state index in [4.69, 9.17) is 14.6 Å². The molecule has 2 N–H and O–H groups in total. The molecule has 2 aliphatic rings. The molecule has 2 saturated heterocycles. The van der Waals surface area contributed by atoms with Gasteiger partial charge >= 0.3 is 12.1 Å². The maximum absolute atomic E-state index is 12.1. The van der Waals surface area contributed by atoms with Gasteiger partial charge < -0.3 is 24.6 Å². The number of amides is 1. The summed E-state index contributed by atoms with van der Waals surface area (Å²) in [5.74, 6) is -2.78. The molecule has 3 rings (SSSR count). The van der Waals surface area contributed by atoms with Crippen LogP contribution in [0.4, 0.5) is 13.2 Å². The predicted molar refractivity (Wildman–Crippen MR) is 95.0 cm³/mol. The number of carbonyl (C=O) groups excluding carboxylic acids is 1. The van der Waals surface area contributed by atoms with Gasteiger partial charge in [0.05, 0.1) is 11.7 Å². The number of carbonyl (C=O) groups is 2. The summed E-state index contributed by atoms with van der Waals surface area (Å²) in [7, 11) is 4.04. The Kier molecular flexibility index (Phi) is 7.11. The summed E-state index contributed by atoms with van der Waals surface area (Å²) >= 11 is 0. The zero-order valence-corrected chi connectivity index (χ0v) is 16.0. The lowest BCUT2D eigenvalue weighted by Gasteiger charge is -2.38. The number of nitrogens with one attached hydrogen (secondary N) is 1. The zero-order valence-electron chi connectivity index (χ0n) is 16.0. The number of halogens is 3. The Bertz CT molecular complexity index is 688. The second-order valence-corrected chi connectivity index (χ2v) is 7.32. The summed E-state index contributed by atoms with van der Waals surface area (Å²) in [6, 6.07) is 3.72. The van der Waals surface area contributed by atoms with E-state index < -0.39 is 12.1 Å². The van der Waals surface area contributed by atoms with Crippen LogP contribution in [-0.4, -0.2) is 71.0 Å². The number of rotatable bonds is 3. The number of hydrogen-bond donors (Lipinski definition) is 2. The highest BCUT2D eigenvalue weighted by molar-refractivity contribution is 5.92. The Morgan fingerprint density at radius 3 is 2.54 bits per heavy atom. The largest absolute Gasteiger partial charge is 0.490 e. The van der Waals surface area contributed by atoms with Gasteiger partial charge in [0.1, 0.15) is 5.69 Å². The molecule has 0 aliphatic carbocycles. The molecule has 158 valence electrons. The van der Waals surface area contributed by atoms with Gasteiger partial charge in [-0.15, -0.1) is 0 Å². The van der Waals surface area contributed by atoms with Crippen LogP contribution in [0.5, 0.6) is 0 Å². The van der Waals surface area contributed by atoms with Gasteiger partial charge in [0.2, 0.25) is 0 Å². The average Bonchev–Trinajstić information content (AvgIpc) is 3.18. The lowest BCUT2D eigenvalue weighted by Crippen LogP contribution is -2.46. The van der Waals surface area contributed by atoms with Crippen molar-refractivity contribution in [3.05, 3.63) is 24.0 Å². The fourth-order valence-corrected chi connectivity index (χ4v) is 3.61. The summed E-state index contributed by atoms with van der Waals surface area (Å²) in [5.41, 5.74) is 0.731. The van der Waals surface area contributed by atoms with Gasteiger partial charge in [-0.05, 0) is 44.9 Å². The number of ether oxygens (including phenoxy) is 1. The number of aromatic nitrogens is 1. The first kappa shape index (κ1) is 22.2. The van der Waals surface area contributed by atoms with Crippen LogP contribution in [0.15, 0.2) is 18.3 Å². The molecule has 2 atom stereocenters. The van der Waals surface area contributed by atoms with Gasteiger partial charge in [0.25, 0.3) is 5.91 Å². The van der Waals surface area contributed by atoms with E-state index in [1.165, 1.54) is 6.42 Å². The number of hydrogen-bond acceptors (Lipinski definition) is 4. The SMILES string of the molecule is CN1CC[C@]2(CCC[C@H](CNC(=O)c3cccn3C)O2)C1.O=C(O)C(F)(F)F.